The average molecular weight is 247 g/mol. The zero-order valence-electron chi connectivity index (χ0n) is 1.00. The molecule has 0 heterocycles. The third-order valence-electron chi connectivity index (χ3n) is 0. The molecular weight excluding hydrogens is 239 g/mol. The second-order valence-corrected chi connectivity index (χ2v) is 0. The Hall–Kier alpha value is 2.20. The van der Waals surface area contributed by atoms with Crippen LogP contribution in [0.25, 0.3) is 0 Å². The van der Waals surface area contributed by atoms with Crippen LogP contribution in [-0.2, 0) is 52.4 Å². The van der Waals surface area contributed by atoms with Crippen molar-refractivity contribution in [1.29, 1.82) is 0 Å². The van der Waals surface area contributed by atoms with Crippen molar-refractivity contribution in [2.45, 2.75) is 0 Å². The van der Waals surface area contributed by atoms with Gasteiger partial charge in [-0.25, -0.2) is 0 Å². The zero-order valence-corrected chi connectivity index (χ0v) is 5.92. The van der Waals surface area contributed by atoms with Crippen molar-refractivity contribution < 1.29 is 52.4 Å². The van der Waals surface area contributed by atoms with Gasteiger partial charge in [-0.05, 0) is 21.9 Å². The summed E-state index contributed by atoms with van der Waals surface area (Å²) in [5.74, 6) is 0. The largest absolute Gasteiger partial charge is 0.0149 e. The summed E-state index contributed by atoms with van der Waals surface area (Å²) >= 11 is 0. The van der Waals surface area contributed by atoms with Crippen LogP contribution in [-0.4, -0.2) is 21.9 Å². The second kappa shape index (κ2) is 19.0. The molecule has 0 atom stereocenters. The molecule has 0 N–H and O–H groups in total. The molecule has 0 saturated heterocycles. The van der Waals surface area contributed by atoms with E-state index in [9.17, 15) is 0 Å². The molecule has 0 aromatic heterocycles. The molecule has 4 heteroatoms. The van der Waals surface area contributed by atoms with Crippen molar-refractivity contribution in [2.24, 2.45) is 0 Å². The molecule has 0 aliphatic rings. The van der Waals surface area contributed by atoms with E-state index in [-0.39, 0.29) is 74.3 Å². The minimum Gasteiger partial charge on any atom is -0.0149 e. The van der Waals surface area contributed by atoms with E-state index in [0.717, 1.165) is 0 Å². The number of hydrogen-bond donors (Lipinski definition) is 0. The van der Waals surface area contributed by atoms with Crippen LogP contribution in [0.5, 0.6) is 0 Å². The van der Waals surface area contributed by atoms with Gasteiger partial charge >= 0.3 is 0 Å². The van der Waals surface area contributed by atoms with Crippen molar-refractivity contribution in [3.05, 3.63) is 0 Å². The van der Waals surface area contributed by atoms with E-state index in [4.69, 9.17) is 0 Å². The summed E-state index contributed by atoms with van der Waals surface area (Å²) in [5, 5.41) is 0. The molecule has 0 rings (SSSR count). The molecule has 0 saturated carbocycles. The van der Waals surface area contributed by atoms with Crippen LogP contribution in [0.15, 0.2) is 0 Å². The molecule has 0 spiro atoms. The Morgan fingerprint density at radius 3 is 0.500 bits per heavy atom. The molecule has 0 aromatic carbocycles. The molecule has 0 nitrogen and oxygen atoms in total. The van der Waals surface area contributed by atoms with Gasteiger partial charge in [-0.1, -0.05) is 0 Å². The fourth-order valence-corrected chi connectivity index (χ4v) is 0. The third kappa shape index (κ3) is 8.89. The van der Waals surface area contributed by atoms with Crippen LogP contribution in [0.2, 0.25) is 0 Å². The van der Waals surface area contributed by atoms with Gasteiger partial charge in [-0.15, -0.1) is 0 Å². The predicted octanol–water partition coefficient (Wildman–Crippen LogP) is -2.91. The van der Waals surface area contributed by atoms with Crippen LogP contribution in [0, 0.1) is 0 Å². The topological polar surface area (TPSA) is 0 Å². The Morgan fingerprint density at radius 1 is 0.500 bits per heavy atom. The fraction of sp³-hybridized carbons (Fsp3) is 0. The molecule has 0 unspecified atom stereocenters. The summed E-state index contributed by atoms with van der Waals surface area (Å²) in [7, 11) is 0. The van der Waals surface area contributed by atoms with Crippen LogP contribution in [0.4, 0.5) is 0 Å². The van der Waals surface area contributed by atoms with Gasteiger partial charge in [-0.2, -0.15) is 0 Å². The van der Waals surface area contributed by atoms with E-state index in [2.05, 4.69) is 0 Å². The molecule has 0 amide bonds. The molecule has 0 aliphatic carbocycles. The molecule has 0 fully saturated rings. The Labute approximate surface area is 73.4 Å². The van der Waals surface area contributed by atoms with Gasteiger partial charge in [0.25, 0.3) is 0 Å². The summed E-state index contributed by atoms with van der Waals surface area (Å²) in [6.45, 7) is 0. The van der Waals surface area contributed by atoms with Gasteiger partial charge in [-0.3, -0.25) is 0 Å². The summed E-state index contributed by atoms with van der Waals surface area (Å²) in [6, 6.07) is 0. The quantitative estimate of drug-likeness (QED) is 0.402. The first-order valence-corrected chi connectivity index (χ1v) is 0. The maximum absolute atomic E-state index is 0. The monoisotopic (exact) mass is 244 g/mol. The first-order chi connectivity index (χ1) is 0. The van der Waals surface area contributed by atoms with Gasteiger partial charge in [0.1, 0.15) is 0 Å². The van der Waals surface area contributed by atoms with Gasteiger partial charge in [0.2, 0.25) is 0 Å². The zero-order chi connectivity index (χ0) is 0. The van der Waals surface area contributed by atoms with Crippen LogP contribution >= 0.6 is 0 Å². The fourth-order valence-electron chi connectivity index (χ4n) is 0. The number of rotatable bonds is 0. The molecule has 0 radical (unpaired) electrons. The summed E-state index contributed by atoms with van der Waals surface area (Å²) in [4.78, 5) is 0. The smallest absolute Gasteiger partial charge is 0 e. The first kappa shape index (κ1) is 34.6. The average Bonchev–Trinajstić information content (AvgIpc) is 0. The summed E-state index contributed by atoms with van der Waals surface area (Å²) in [5.41, 5.74) is 0. The Morgan fingerprint density at radius 2 is 0.500 bits per heavy atom. The van der Waals surface area contributed by atoms with E-state index in [1.165, 1.54) is 0 Å². The van der Waals surface area contributed by atoms with Crippen LogP contribution in [0.1, 0.15) is 0 Å². The van der Waals surface area contributed by atoms with Crippen molar-refractivity contribution in [2.75, 3.05) is 0 Å². The summed E-state index contributed by atoms with van der Waals surface area (Å²) < 4.78 is 0. The minimum absolute atomic E-state index is 0. The second-order valence-electron chi connectivity index (χ2n) is 0. The van der Waals surface area contributed by atoms with Crippen molar-refractivity contribution in [3.8, 4) is 0 Å². The molecule has 24 valence electrons. The molecule has 0 bridgehead atoms. The van der Waals surface area contributed by atoms with E-state index < -0.39 is 0 Å². The van der Waals surface area contributed by atoms with E-state index in [1.807, 2.05) is 0 Å². The molecule has 0 aromatic rings. The van der Waals surface area contributed by atoms with Gasteiger partial charge in [0.15, 0.2) is 0 Å². The first-order valence-electron chi connectivity index (χ1n) is 0. The normalized spacial score (nSPS) is 0. The maximum atomic E-state index is 0. The molecular formula is H8Si2Zr2. The van der Waals surface area contributed by atoms with E-state index in [1.54, 1.807) is 0 Å². The van der Waals surface area contributed by atoms with Gasteiger partial charge in [0, 0.05) is 52.4 Å². The van der Waals surface area contributed by atoms with Crippen LogP contribution < -0.4 is 0 Å². The van der Waals surface area contributed by atoms with E-state index >= 15 is 0 Å². The minimum atomic E-state index is 0. The Bertz CT molecular complexity index is 4.00. The molecule has 0 aliphatic heterocycles. The standard InChI is InChI=1S/2H4Si.2Zr/h2*1H4;;. The maximum Gasteiger partial charge on any atom is 0 e. The Kier molecular flexibility index (Phi) is 164. The predicted molar refractivity (Wildman–Crippen MR) is 22.7 cm³/mol. The van der Waals surface area contributed by atoms with E-state index in [0.29, 0.717) is 0 Å². The van der Waals surface area contributed by atoms with Crippen molar-refractivity contribution >= 4 is 21.9 Å². The summed E-state index contributed by atoms with van der Waals surface area (Å²) in [6.07, 6.45) is 0. The van der Waals surface area contributed by atoms with Crippen molar-refractivity contribution in [1.82, 2.24) is 0 Å². The number of hydrogen-bond acceptors (Lipinski definition) is 0. The van der Waals surface area contributed by atoms with Gasteiger partial charge in [0.05, 0.1) is 0 Å². The van der Waals surface area contributed by atoms with Crippen LogP contribution in [0.3, 0.4) is 0 Å². The SMILES string of the molecule is [SiH4].[SiH4].[Zr].[Zr]. The van der Waals surface area contributed by atoms with Gasteiger partial charge < -0.3 is 0 Å². The molecule has 4 heavy (non-hydrogen) atoms. The third-order valence-corrected chi connectivity index (χ3v) is 0. The van der Waals surface area contributed by atoms with Crippen molar-refractivity contribution in [3.63, 3.8) is 0 Å². The Balaban J connectivity index is 0.